The molecule has 2 aromatic rings. The predicted octanol–water partition coefficient (Wildman–Crippen LogP) is 4.68. The van der Waals surface area contributed by atoms with Crippen LogP contribution in [0.2, 0.25) is 0 Å². The van der Waals surface area contributed by atoms with Gasteiger partial charge in [0.05, 0.1) is 12.6 Å². The van der Waals surface area contributed by atoms with Crippen LogP contribution in [-0.2, 0) is 11.3 Å². The molecule has 0 bridgehead atoms. The van der Waals surface area contributed by atoms with Crippen molar-refractivity contribution < 1.29 is 14.7 Å². The highest BCUT2D eigenvalue weighted by Gasteiger charge is 2.22. The summed E-state index contributed by atoms with van der Waals surface area (Å²) in [5.41, 5.74) is 3.26. The average Bonchev–Trinajstić information content (AvgIpc) is 2.82. The fourth-order valence-corrected chi connectivity index (χ4v) is 4.58. The van der Waals surface area contributed by atoms with Crippen molar-refractivity contribution in [3.8, 4) is 0 Å². The second-order valence-electron chi connectivity index (χ2n) is 9.47. The van der Waals surface area contributed by atoms with Gasteiger partial charge in [-0.1, -0.05) is 49.6 Å². The first-order valence-electron chi connectivity index (χ1n) is 12.5. The molecule has 2 amide bonds. The van der Waals surface area contributed by atoms with Crippen LogP contribution < -0.4 is 10.2 Å². The molecule has 0 fully saturated rings. The summed E-state index contributed by atoms with van der Waals surface area (Å²) in [4.78, 5) is 30.0. The third-order valence-corrected chi connectivity index (χ3v) is 6.63. The van der Waals surface area contributed by atoms with Gasteiger partial charge in [-0.15, -0.1) is 0 Å². The fraction of sp³-hybridized carbons (Fsp3) is 0.500. The van der Waals surface area contributed by atoms with Gasteiger partial charge in [-0.25, -0.2) is 0 Å². The Hall–Kier alpha value is -2.70. The van der Waals surface area contributed by atoms with Crippen molar-refractivity contribution in [2.45, 2.75) is 71.5 Å². The van der Waals surface area contributed by atoms with Gasteiger partial charge >= 0.3 is 0 Å². The number of aliphatic hydroxyl groups is 1. The summed E-state index contributed by atoms with van der Waals surface area (Å²) in [6, 6.07) is 15.0. The van der Waals surface area contributed by atoms with Crippen LogP contribution in [0, 0.1) is 0 Å². The quantitative estimate of drug-likeness (QED) is 0.673. The molecular formula is C28H39N3O3. The minimum atomic E-state index is -0.476. The van der Waals surface area contributed by atoms with Gasteiger partial charge in [-0.3, -0.25) is 14.5 Å². The number of fused-ring (bicyclic) bond motifs is 1. The molecular weight excluding hydrogens is 426 g/mol. The molecule has 0 aliphatic carbocycles. The third-order valence-electron chi connectivity index (χ3n) is 6.63. The standard InChI is InChI=1S/C28H39N3O3/c1-21(2)30-16-10-5-4-6-11-17-31(22(3)33)27-15-14-24(18-25(27)19-30)28(34)29-26(20-32)23-12-8-7-9-13-23/h7-9,12-15,18,21,26,32H,4-6,10-11,16-17,19-20H2,1-3H3,(H,29,34)/t26-/m1/s1. The van der Waals surface area contributed by atoms with Crippen molar-refractivity contribution in [3.63, 3.8) is 0 Å². The maximum atomic E-state index is 13.2. The molecule has 1 aliphatic heterocycles. The van der Waals surface area contributed by atoms with Gasteiger partial charge in [0.25, 0.3) is 5.91 Å². The van der Waals surface area contributed by atoms with Crippen molar-refractivity contribution in [2.75, 3.05) is 24.6 Å². The van der Waals surface area contributed by atoms with Crippen LogP contribution in [0.25, 0.3) is 0 Å². The van der Waals surface area contributed by atoms with E-state index in [1.54, 1.807) is 13.0 Å². The monoisotopic (exact) mass is 465 g/mol. The summed E-state index contributed by atoms with van der Waals surface area (Å²) in [5, 5.41) is 12.8. The zero-order valence-electron chi connectivity index (χ0n) is 20.8. The van der Waals surface area contributed by atoms with E-state index in [1.807, 2.05) is 47.4 Å². The number of hydrogen-bond acceptors (Lipinski definition) is 4. The van der Waals surface area contributed by atoms with E-state index in [1.165, 1.54) is 12.8 Å². The molecule has 0 saturated carbocycles. The Morgan fingerprint density at radius 3 is 2.29 bits per heavy atom. The fourth-order valence-electron chi connectivity index (χ4n) is 4.58. The van der Waals surface area contributed by atoms with Crippen molar-refractivity contribution in [1.82, 2.24) is 10.2 Å². The number of aliphatic hydroxyl groups excluding tert-OH is 1. The Labute approximate surface area is 204 Å². The number of nitrogens with zero attached hydrogens (tertiary/aromatic N) is 2. The lowest BCUT2D eigenvalue weighted by Crippen LogP contribution is -2.35. The van der Waals surface area contributed by atoms with Crippen molar-refractivity contribution >= 4 is 17.5 Å². The number of carbonyl (C=O) groups excluding carboxylic acids is 2. The molecule has 0 saturated heterocycles. The zero-order chi connectivity index (χ0) is 24.5. The van der Waals surface area contributed by atoms with Gasteiger partial charge in [0, 0.05) is 37.3 Å². The molecule has 2 aromatic carbocycles. The van der Waals surface area contributed by atoms with Crippen LogP contribution in [0.1, 0.15) is 80.4 Å². The van der Waals surface area contributed by atoms with Crippen LogP contribution >= 0.6 is 0 Å². The van der Waals surface area contributed by atoms with Gasteiger partial charge in [0.2, 0.25) is 5.91 Å². The summed E-state index contributed by atoms with van der Waals surface area (Å²) in [5.74, 6) is -0.210. The SMILES string of the molecule is CC(=O)N1CCCCCCCN(C(C)C)Cc2cc(C(=O)N[C@H](CO)c3ccccc3)ccc21. The van der Waals surface area contributed by atoms with Gasteiger partial charge in [-0.05, 0) is 62.6 Å². The summed E-state index contributed by atoms with van der Waals surface area (Å²) in [6.07, 6.45) is 5.63. The van der Waals surface area contributed by atoms with E-state index in [4.69, 9.17) is 0 Å². The maximum absolute atomic E-state index is 13.2. The lowest BCUT2D eigenvalue weighted by molar-refractivity contribution is -0.116. The number of rotatable bonds is 5. The van der Waals surface area contributed by atoms with E-state index in [-0.39, 0.29) is 18.4 Å². The molecule has 2 N–H and O–H groups in total. The van der Waals surface area contributed by atoms with Gasteiger partial charge in [-0.2, -0.15) is 0 Å². The third kappa shape index (κ3) is 6.90. The highest BCUT2D eigenvalue weighted by atomic mass is 16.3. The van der Waals surface area contributed by atoms with Crippen LogP contribution in [0.4, 0.5) is 5.69 Å². The highest BCUT2D eigenvalue weighted by Crippen LogP contribution is 2.27. The molecule has 184 valence electrons. The molecule has 1 aliphatic rings. The van der Waals surface area contributed by atoms with Gasteiger partial charge in [0.15, 0.2) is 0 Å². The van der Waals surface area contributed by atoms with Crippen LogP contribution in [0.5, 0.6) is 0 Å². The molecule has 3 rings (SSSR count). The smallest absolute Gasteiger partial charge is 0.251 e. The first-order chi connectivity index (χ1) is 16.4. The van der Waals surface area contributed by atoms with Crippen molar-refractivity contribution in [3.05, 3.63) is 65.2 Å². The van der Waals surface area contributed by atoms with Crippen molar-refractivity contribution in [1.29, 1.82) is 0 Å². The lowest BCUT2D eigenvalue weighted by Gasteiger charge is -2.31. The number of anilines is 1. The second kappa shape index (κ2) is 12.7. The summed E-state index contributed by atoms with van der Waals surface area (Å²) in [6.45, 7) is 8.18. The van der Waals surface area contributed by atoms with E-state index in [0.29, 0.717) is 24.7 Å². The van der Waals surface area contributed by atoms with E-state index < -0.39 is 6.04 Å². The summed E-state index contributed by atoms with van der Waals surface area (Å²) >= 11 is 0. The van der Waals surface area contributed by atoms with E-state index in [2.05, 4.69) is 24.1 Å². The Morgan fingerprint density at radius 2 is 1.65 bits per heavy atom. The number of amides is 2. The Kier molecular flexibility index (Phi) is 9.66. The lowest BCUT2D eigenvalue weighted by atomic mass is 10.0. The Bertz CT molecular complexity index is 945. The first-order valence-corrected chi connectivity index (χ1v) is 12.5. The Balaban J connectivity index is 1.93. The topological polar surface area (TPSA) is 72.9 Å². The minimum Gasteiger partial charge on any atom is -0.394 e. The van der Waals surface area contributed by atoms with Crippen molar-refractivity contribution in [2.24, 2.45) is 0 Å². The molecule has 0 spiro atoms. The van der Waals surface area contributed by atoms with E-state index in [0.717, 1.165) is 42.6 Å². The largest absolute Gasteiger partial charge is 0.394 e. The first kappa shape index (κ1) is 25.9. The summed E-state index contributed by atoms with van der Waals surface area (Å²) < 4.78 is 0. The number of benzene rings is 2. The van der Waals surface area contributed by atoms with Crippen LogP contribution in [0.15, 0.2) is 48.5 Å². The Morgan fingerprint density at radius 1 is 0.971 bits per heavy atom. The van der Waals surface area contributed by atoms with E-state index in [9.17, 15) is 14.7 Å². The molecule has 6 nitrogen and oxygen atoms in total. The molecule has 1 atom stereocenters. The molecule has 0 aromatic heterocycles. The molecule has 1 heterocycles. The van der Waals surface area contributed by atoms with Crippen LogP contribution in [-0.4, -0.2) is 47.6 Å². The number of carbonyl (C=O) groups is 2. The maximum Gasteiger partial charge on any atom is 0.251 e. The highest BCUT2D eigenvalue weighted by molar-refractivity contribution is 5.97. The normalized spacial score (nSPS) is 16.8. The van der Waals surface area contributed by atoms with Gasteiger partial charge in [0.1, 0.15) is 0 Å². The molecule has 0 unspecified atom stereocenters. The minimum absolute atomic E-state index is 0.0241. The predicted molar refractivity (Wildman–Crippen MR) is 137 cm³/mol. The van der Waals surface area contributed by atoms with E-state index >= 15 is 0 Å². The van der Waals surface area contributed by atoms with Gasteiger partial charge < -0.3 is 15.3 Å². The second-order valence-corrected chi connectivity index (χ2v) is 9.47. The molecule has 34 heavy (non-hydrogen) atoms. The number of nitrogens with one attached hydrogen (secondary N) is 1. The number of hydrogen-bond donors (Lipinski definition) is 2. The van der Waals surface area contributed by atoms with Crippen LogP contribution in [0.3, 0.4) is 0 Å². The molecule has 6 heteroatoms. The average molecular weight is 466 g/mol. The zero-order valence-corrected chi connectivity index (χ0v) is 20.8. The summed E-state index contributed by atoms with van der Waals surface area (Å²) in [7, 11) is 0. The molecule has 0 radical (unpaired) electrons.